The van der Waals surface area contributed by atoms with Crippen LogP contribution < -0.4 is 5.32 Å². The summed E-state index contributed by atoms with van der Waals surface area (Å²) in [5, 5.41) is 7.41. The first-order valence-electron chi connectivity index (χ1n) is 8.62. The van der Waals surface area contributed by atoms with Crippen LogP contribution in [0, 0.1) is 6.92 Å². The lowest BCUT2D eigenvalue weighted by atomic mass is 9.95. The number of aromatic nitrogens is 4. The number of carbonyl (C=O) groups excluding carboxylic acids is 1. The Labute approximate surface area is 151 Å². The SMILES string of the molecule is COC(=O)C(Nc1cc(C)nc2ncnn12)c1ccc(C2(C)CC2)cc1. The molecule has 1 N–H and O–H groups in total. The van der Waals surface area contributed by atoms with Crippen LogP contribution in [0.1, 0.15) is 42.6 Å². The number of hydrogen-bond donors (Lipinski definition) is 1. The molecule has 2 aromatic heterocycles. The summed E-state index contributed by atoms with van der Waals surface area (Å²) < 4.78 is 6.58. The number of nitrogens with zero attached hydrogens (tertiary/aromatic N) is 4. The Bertz CT molecular complexity index is 960. The predicted octanol–water partition coefficient (Wildman–Crippen LogP) is 2.81. The highest BCUT2D eigenvalue weighted by molar-refractivity contribution is 5.80. The average Bonchev–Trinajstić information content (AvgIpc) is 3.22. The van der Waals surface area contributed by atoms with E-state index in [4.69, 9.17) is 4.74 Å². The molecule has 1 fully saturated rings. The van der Waals surface area contributed by atoms with E-state index in [1.165, 1.54) is 31.8 Å². The van der Waals surface area contributed by atoms with E-state index in [-0.39, 0.29) is 5.97 Å². The van der Waals surface area contributed by atoms with Crippen LogP contribution in [0.2, 0.25) is 0 Å². The van der Waals surface area contributed by atoms with Gasteiger partial charge >= 0.3 is 5.97 Å². The van der Waals surface area contributed by atoms with E-state index >= 15 is 0 Å². The molecule has 4 rings (SSSR count). The summed E-state index contributed by atoms with van der Waals surface area (Å²) in [6, 6.07) is 9.36. The minimum Gasteiger partial charge on any atom is -0.467 e. The summed E-state index contributed by atoms with van der Waals surface area (Å²) in [5.74, 6) is 0.755. The van der Waals surface area contributed by atoms with Crippen LogP contribution in [0.3, 0.4) is 0 Å². The Morgan fingerprint density at radius 1 is 1.31 bits per heavy atom. The van der Waals surface area contributed by atoms with Gasteiger partial charge in [-0.1, -0.05) is 31.2 Å². The van der Waals surface area contributed by atoms with Crippen molar-refractivity contribution in [3.05, 3.63) is 53.5 Å². The fourth-order valence-electron chi connectivity index (χ4n) is 3.13. The minimum atomic E-state index is -0.643. The number of rotatable bonds is 5. The van der Waals surface area contributed by atoms with E-state index in [1.54, 1.807) is 4.52 Å². The topological polar surface area (TPSA) is 81.4 Å². The predicted molar refractivity (Wildman–Crippen MR) is 96.9 cm³/mol. The largest absolute Gasteiger partial charge is 0.467 e. The van der Waals surface area contributed by atoms with Gasteiger partial charge in [0, 0.05) is 11.8 Å². The highest BCUT2D eigenvalue weighted by Gasteiger charge is 2.39. The highest BCUT2D eigenvalue weighted by atomic mass is 16.5. The molecule has 1 unspecified atom stereocenters. The molecule has 0 aliphatic heterocycles. The van der Waals surface area contributed by atoms with E-state index in [1.807, 2.05) is 25.1 Å². The molecule has 7 heteroatoms. The lowest BCUT2D eigenvalue weighted by Crippen LogP contribution is -2.24. The van der Waals surface area contributed by atoms with E-state index in [2.05, 4.69) is 39.4 Å². The van der Waals surface area contributed by atoms with Crippen LogP contribution in [0.15, 0.2) is 36.7 Å². The molecule has 1 aliphatic carbocycles. The van der Waals surface area contributed by atoms with Crippen molar-refractivity contribution in [3.63, 3.8) is 0 Å². The molecule has 0 amide bonds. The van der Waals surface area contributed by atoms with Crippen LogP contribution >= 0.6 is 0 Å². The maximum absolute atomic E-state index is 12.4. The van der Waals surface area contributed by atoms with Gasteiger partial charge in [-0.25, -0.2) is 9.78 Å². The molecular weight excluding hydrogens is 330 g/mol. The number of benzene rings is 1. The Balaban J connectivity index is 1.69. The van der Waals surface area contributed by atoms with E-state index in [0.717, 1.165) is 11.3 Å². The lowest BCUT2D eigenvalue weighted by molar-refractivity contribution is -0.141. The first-order valence-corrected chi connectivity index (χ1v) is 8.62. The normalized spacial score (nSPS) is 16.3. The van der Waals surface area contributed by atoms with E-state index in [0.29, 0.717) is 17.0 Å². The molecule has 1 aliphatic rings. The molecule has 1 saturated carbocycles. The minimum absolute atomic E-state index is 0.293. The van der Waals surface area contributed by atoms with Crippen molar-refractivity contribution in [3.8, 4) is 0 Å². The van der Waals surface area contributed by atoms with Crippen molar-refractivity contribution in [2.45, 2.75) is 38.1 Å². The zero-order chi connectivity index (χ0) is 18.3. The number of anilines is 1. The molecule has 0 spiro atoms. The van der Waals surface area contributed by atoms with E-state index < -0.39 is 6.04 Å². The average molecular weight is 351 g/mol. The molecule has 7 nitrogen and oxygen atoms in total. The number of aryl methyl sites for hydroxylation is 1. The van der Waals surface area contributed by atoms with Gasteiger partial charge in [0.1, 0.15) is 12.1 Å². The second-order valence-corrected chi connectivity index (χ2v) is 7.04. The standard InChI is InChI=1S/C19H21N5O2/c1-12-10-15(24-18(22-12)20-11-21-24)23-16(17(25)26-3)13-4-6-14(7-5-13)19(2)8-9-19/h4-7,10-11,16,23H,8-9H2,1-3H3. The molecule has 3 aromatic rings. The third kappa shape index (κ3) is 2.89. The van der Waals surface area contributed by atoms with Gasteiger partial charge in [-0.05, 0) is 36.3 Å². The van der Waals surface area contributed by atoms with Gasteiger partial charge in [-0.2, -0.15) is 14.6 Å². The van der Waals surface area contributed by atoms with Crippen molar-refractivity contribution < 1.29 is 9.53 Å². The molecule has 134 valence electrons. The van der Waals surface area contributed by atoms with Gasteiger partial charge in [0.2, 0.25) is 0 Å². The van der Waals surface area contributed by atoms with Gasteiger partial charge in [-0.15, -0.1) is 0 Å². The molecular formula is C19H21N5O2. The molecule has 1 aromatic carbocycles. The highest BCUT2D eigenvalue weighted by Crippen LogP contribution is 2.47. The summed E-state index contributed by atoms with van der Waals surface area (Å²) in [5.41, 5.74) is 3.23. The number of esters is 1. The number of methoxy groups -OCH3 is 1. The number of fused-ring (bicyclic) bond motifs is 1. The first kappa shape index (κ1) is 16.5. The van der Waals surface area contributed by atoms with Gasteiger partial charge in [0.15, 0.2) is 6.04 Å². The van der Waals surface area contributed by atoms with Crippen LogP contribution in [-0.4, -0.2) is 32.7 Å². The number of hydrogen-bond acceptors (Lipinski definition) is 6. The Morgan fingerprint density at radius 3 is 2.69 bits per heavy atom. The van der Waals surface area contributed by atoms with Crippen LogP contribution in [0.25, 0.3) is 5.78 Å². The maximum atomic E-state index is 12.4. The fourth-order valence-corrected chi connectivity index (χ4v) is 3.13. The lowest BCUT2D eigenvalue weighted by Gasteiger charge is -2.19. The van der Waals surface area contributed by atoms with Gasteiger partial charge in [-0.3, -0.25) is 0 Å². The van der Waals surface area contributed by atoms with Crippen molar-refractivity contribution in [1.82, 2.24) is 19.6 Å². The molecule has 0 radical (unpaired) electrons. The summed E-state index contributed by atoms with van der Waals surface area (Å²) in [6.45, 7) is 4.14. The fraction of sp³-hybridized carbons (Fsp3) is 0.368. The Kier molecular flexibility index (Phi) is 3.86. The van der Waals surface area contributed by atoms with Crippen LogP contribution in [-0.2, 0) is 14.9 Å². The van der Waals surface area contributed by atoms with Gasteiger partial charge in [0.25, 0.3) is 5.78 Å². The number of carbonyl (C=O) groups is 1. The van der Waals surface area contributed by atoms with E-state index in [9.17, 15) is 4.79 Å². The zero-order valence-electron chi connectivity index (χ0n) is 15.1. The second-order valence-electron chi connectivity index (χ2n) is 7.04. The van der Waals surface area contributed by atoms with Gasteiger partial charge < -0.3 is 10.1 Å². The Morgan fingerprint density at radius 2 is 2.04 bits per heavy atom. The monoisotopic (exact) mass is 351 g/mol. The van der Waals surface area contributed by atoms with Crippen molar-refractivity contribution in [1.29, 1.82) is 0 Å². The quantitative estimate of drug-likeness (QED) is 0.712. The summed E-state index contributed by atoms with van der Waals surface area (Å²) in [7, 11) is 1.39. The van der Waals surface area contributed by atoms with Crippen LogP contribution in [0.4, 0.5) is 5.82 Å². The summed E-state index contributed by atoms with van der Waals surface area (Å²) in [6.07, 6.45) is 3.86. The number of nitrogens with one attached hydrogen (secondary N) is 1. The maximum Gasteiger partial charge on any atom is 0.333 e. The second kappa shape index (κ2) is 6.09. The molecule has 0 saturated heterocycles. The molecule has 2 heterocycles. The summed E-state index contributed by atoms with van der Waals surface area (Å²) in [4.78, 5) is 20.9. The third-order valence-corrected chi connectivity index (χ3v) is 5.05. The zero-order valence-corrected chi connectivity index (χ0v) is 15.1. The van der Waals surface area contributed by atoms with Crippen molar-refractivity contribution in [2.24, 2.45) is 0 Å². The van der Waals surface area contributed by atoms with Crippen molar-refractivity contribution in [2.75, 3.05) is 12.4 Å². The van der Waals surface area contributed by atoms with Crippen LogP contribution in [0.5, 0.6) is 0 Å². The molecule has 26 heavy (non-hydrogen) atoms. The third-order valence-electron chi connectivity index (χ3n) is 5.05. The summed E-state index contributed by atoms with van der Waals surface area (Å²) >= 11 is 0. The molecule has 0 bridgehead atoms. The number of ether oxygens (including phenoxy) is 1. The van der Waals surface area contributed by atoms with Crippen molar-refractivity contribution >= 4 is 17.6 Å². The smallest absolute Gasteiger partial charge is 0.333 e. The molecule has 1 atom stereocenters. The van der Waals surface area contributed by atoms with Gasteiger partial charge in [0.05, 0.1) is 7.11 Å². The first-order chi connectivity index (χ1) is 12.5. The Hall–Kier alpha value is -2.96.